The predicted octanol–water partition coefficient (Wildman–Crippen LogP) is 6.45. The van der Waals surface area contributed by atoms with Gasteiger partial charge >= 0.3 is 0 Å². The molecule has 5 nitrogen and oxygen atoms in total. The summed E-state index contributed by atoms with van der Waals surface area (Å²) in [7, 11) is 3.60. The number of anilines is 1. The van der Waals surface area contributed by atoms with Crippen molar-refractivity contribution in [2.75, 3.05) is 26.0 Å². The molecule has 0 aliphatic heterocycles. The van der Waals surface area contributed by atoms with E-state index in [0.717, 1.165) is 41.5 Å². The number of hydrogen-bond donors (Lipinski definition) is 2. The van der Waals surface area contributed by atoms with Gasteiger partial charge in [0.15, 0.2) is 11.5 Å². The Balaban J connectivity index is 2.04. The monoisotopic (exact) mass is 447 g/mol. The Labute approximate surface area is 187 Å². The molecule has 0 bridgehead atoms. The third kappa shape index (κ3) is 5.09. The van der Waals surface area contributed by atoms with Gasteiger partial charge in [-0.2, -0.15) is 0 Å². The first-order valence-electron chi connectivity index (χ1n) is 9.95. The van der Waals surface area contributed by atoms with Crippen LogP contribution < -0.4 is 20.1 Å². The summed E-state index contributed by atoms with van der Waals surface area (Å²) in [6.07, 6.45) is 3.94. The van der Waals surface area contributed by atoms with E-state index in [1.54, 1.807) is 25.3 Å². The summed E-state index contributed by atoms with van der Waals surface area (Å²) in [5, 5.41) is 8.58. The highest BCUT2D eigenvalue weighted by Gasteiger charge is 2.19. The Morgan fingerprint density at radius 2 is 1.93 bits per heavy atom. The largest absolute Gasteiger partial charge is 0.493 e. The molecule has 0 spiro atoms. The van der Waals surface area contributed by atoms with Crippen LogP contribution in [0.3, 0.4) is 0 Å². The molecule has 0 aliphatic rings. The third-order valence-corrected chi connectivity index (χ3v) is 5.68. The molecule has 0 saturated heterocycles. The number of rotatable bonds is 9. The lowest BCUT2D eigenvalue weighted by Gasteiger charge is -2.21. The molecular weight excluding hydrogens is 421 g/mol. The normalized spacial score (nSPS) is 12.1. The number of hydrogen-bond acceptors (Lipinski definition) is 5. The lowest BCUT2D eigenvalue weighted by atomic mass is 10.1. The molecule has 2 N–H and O–H groups in total. The number of aryl methyl sites for hydroxylation is 1. The van der Waals surface area contributed by atoms with Crippen LogP contribution in [0.15, 0.2) is 36.5 Å². The van der Waals surface area contributed by atoms with Gasteiger partial charge in [0.25, 0.3) is 0 Å². The Bertz CT molecular complexity index is 1030. The van der Waals surface area contributed by atoms with Gasteiger partial charge in [0, 0.05) is 24.4 Å². The molecule has 1 heterocycles. The van der Waals surface area contributed by atoms with E-state index in [0.29, 0.717) is 27.3 Å². The molecule has 3 rings (SSSR count). The maximum absolute atomic E-state index is 6.23. The number of halogens is 2. The van der Waals surface area contributed by atoms with Gasteiger partial charge in [0.2, 0.25) is 0 Å². The van der Waals surface area contributed by atoms with Crippen molar-refractivity contribution in [3.05, 3.63) is 52.1 Å². The predicted molar refractivity (Wildman–Crippen MR) is 126 cm³/mol. The number of ether oxygens (including phenoxy) is 2. The molecule has 0 fully saturated rings. The summed E-state index contributed by atoms with van der Waals surface area (Å²) in [6, 6.07) is 9.37. The highest BCUT2D eigenvalue weighted by molar-refractivity contribution is 6.42. The van der Waals surface area contributed by atoms with Gasteiger partial charge in [0.1, 0.15) is 5.75 Å². The van der Waals surface area contributed by atoms with E-state index >= 15 is 0 Å². The first kappa shape index (κ1) is 22.5. The second-order valence-electron chi connectivity index (χ2n) is 7.28. The maximum atomic E-state index is 6.23. The molecule has 30 heavy (non-hydrogen) atoms. The van der Waals surface area contributed by atoms with Crippen LogP contribution in [-0.4, -0.2) is 31.7 Å². The second kappa shape index (κ2) is 10.2. The number of nitrogens with zero attached hydrogens (tertiary/aromatic N) is 1. The van der Waals surface area contributed by atoms with Crippen molar-refractivity contribution in [1.82, 2.24) is 10.3 Å². The molecule has 160 valence electrons. The average Bonchev–Trinajstić information content (AvgIpc) is 2.72. The van der Waals surface area contributed by atoms with Gasteiger partial charge in [-0.25, -0.2) is 0 Å². The molecule has 0 aliphatic carbocycles. The van der Waals surface area contributed by atoms with Crippen molar-refractivity contribution in [3.63, 3.8) is 0 Å². The molecule has 0 radical (unpaired) electrons. The SMILES string of the molecule is CNCCCC(C)Nc1cc(OC)c(Oc2ccc(Cl)c(Cl)c2)c2c(C)ccnc12. The number of methoxy groups -OCH3 is 1. The highest BCUT2D eigenvalue weighted by Crippen LogP contribution is 2.44. The van der Waals surface area contributed by atoms with Crippen molar-refractivity contribution in [2.45, 2.75) is 32.7 Å². The maximum Gasteiger partial charge on any atom is 0.179 e. The van der Waals surface area contributed by atoms with Gasteiger partial charge in [-0.15, -0.1) is 0 Å². The van der Waals surface area contributed by atoms with Crippen molar-refractivity contribution >= 4 is 39.8 Å². The zero-order chi connectivity index (χ0) is 21.7. The summed E-state index contributed by atoms with van der Waals surface area (Å²) in [6.45, 7) is 5.19. The zero-order valence-corrected chi connectivity index (χ0v) is 19.2. The van der Waals surface area contributed by atoms with E-state index in [4.69, 9.17) is 32.7 Å². The first-order valence-corrected chi connectivity index (χ1v) is 10.7. The minimum Gasteiger partial charge on any atom is -0.493 e. The molecule has 1 unspecified atom stereocenters. The summed E-state index contributed by atoms with van der Waals surface area (Å²) in [5.41, 5.74) is 2.80. The van der Waals surface area contributed by atoms with Crippen LogP contribution in [-0.2, 0) is 0 Å². The Morgan fingerprint density at radius 1 is 1.13 bits per heavy atom. The van der Waals surface area contributed by atoms with E-state index in [1.165, 1.54) is 0 Å². The summed E-state index contributed by atoms with van der Waals surface area (Å²) < 4.78 is 11.9. The van der Waals surface area contributed by atoms with E-state index < -0.39 is 0 Å². The minimum atomic E-state index is 0.287. The van der Waals surface area contributed by atoms with Crippen LogP contribution in [0.1, 0.15) is 25.3 Å². The van der Waals surface area contributed by atoms with Crippen LogP contribution in [0.25, 0.3) is 10.9 Å². The molecule has 0 amide bonds. The number of fused-ring (bicyclic) bond motifs is 1. The number of nitrogens with one attached hydrogen (secondary N) is 2. The lowest BCUT2D eigenvalue weighted by Crippen LogP contribution is -2.18. The van der Waals surface area contributed by atoms with Gasteiger partial charge in [-0.1, -0.05) is 23.2 Å². The van der Waals surface area contributed by atoms with Crippen LogP contribution in [0.4, 0.5) is 5.69 Å². The van der Waals surface area contributed by atoms with Crippen LogP contribution in [0, 0.1) is 6.92 Å². The fourth-order valence-electron chi connectivity index (χ4n) is 3.38. The number of aromatic nitrogens is 1. The molecular formula is C23H27Cl2N3O2. The van der Waals surface area contributed by atoms with Crippen LogP contribution in [0.5, 0.6) is 17.2 Å². The standard InChI is InChI=1S/C23H27Cl2N3O2/c1-14-9-11-27-22-19(28-15(2)6-5-10-26-3)13-20(29-4)23(21(14)22)30-16-7-8-17(24)18(25)12-16/h7-9,11-13,15,26,28H,5-6,10H2,1-4H3. The van der Waals surface area contributed by atoms with Crippen molar-refractivity contribution in [3.8, 4) is 17.2 Å². The van der Waals surface area contributed by atoms with Crippen molar-refractivity contribution in [1.29, 1.82) is 0 Å². The van der Waals surface area contributed by atoms with Crippen molar-refractivity contribution in [2.24, 2.45) is 0 Å². The molecule has 0 saturated carbocycles. The summed E-state index contributed by atoms with van der Waals surface area (Å²) >= 11 is 12.2. The molecule has 1 atom stereocenters. The zero-order valence-electron chi connectivity index (χ0n) is 17.7. The highest BCUT2D eigenvalue weighted by atomic mass is 35.5. The average molecular weight is 448 g/mol. The van der Waals surface area contributed by atoms with Crippen LogP contribution in [0.2, 0.25) is 10.0 Å². The van der Waals surface area contributed by atoms with Gasteiger partial charge < -0.3 is 20.1 Å². The fourth-order valence-corrected chi connectivity index (χ4v) is 3.67. The molecule has 7 heteroatoms. The third-order valence-electron chi connectivity index (χ3n) is 4.94. The second-order valence-corrected chi connectivity index (χ2v) is 8.09. The minimum absolute atomic E-state index is 0.287. The quantitative estimate of drug-likeness (QED) is 0.369. The van der Waals surface area contributed by atoms with Gasteiger partial charge in [0.05, 0.1) is 33.7 Å². The van der Waals surface area contributed by atoms with Gasteiger partial charge in [-0.3, -0.25) is 4.98 Å². The van der Waals surface area contributed by atoms with E-state index in [1.807, 2.05) is 32.3 Å². The number of pyridine rings is 1. The topological polar surface area (TPSA) is 55.4 Å². The summed E-state index contributed by atoms with van der Waals surface area (Å²) in [4.78, 5) is 4.64. The van der Waals surface area contributed by atoms with E-state index in [9.17, 15) is 0 Å². The summed E-state index contributed by atoms with van der Waals surface area (Å²) in [5.74, 6) is 1.80. The molecule has 1 aromatic heterocycles. The van der Waals surface area contributed by atoms with E-state index in [2.05, 4.69) is 22.5 Å². The molecule has 2 aromatic carbocycles. The van der Waals surface area contributed by atoms with Crippen molar-refractivity contribution < 1.29 is 9.47 Å². The Morgan fingerprint density at radius 3 is 2.63 bits per heavy atom. The Kier molecular flexibility index (Phi) is 7.64. The first-order chi connectivity index (χ1) is 14.4. The molecule has 3 aromatic rings. The fraction of sp³-hybridized carbons (Fsp3) is 0.348. The number of benzene rings is 2. The van der Waals surface area contributed by atoms with Gasteiger partial charge in [-0.05, 0) is 64.0 Å². The van der Waals surface area contributed by atoms with E-state index in [-0.39, 0.29) is 6.04 Å². The lowest BCUT2D eigenvalue weighted by molar-refractivity contribution is 0.381. The Hall–Kier alpha value is -2.21. The smallest absolute Gasteiger partial charge is 0.179 e. The van der Waals surface area contributed by atoms with Crippen LogP contribution >= 0.6 is 23.2 Å².